The third-order valence-electron chi connectivity index (χ3n) is 0.517. The first-order chi connectivity index (χ1) is 3.06. The zero-order valence-electron chi connectivity index (χ0n) is 4.32. The zero-order chi connectivity index (χ0) is 5.91. The van der Waals surface area contributed by atoms with Crippen molar-refractivity contribution < 1.29 is 5.11 Å². The van der Waals surface area contributed by atoms with Gasteiger partial charge in [0.25, 0.3) is 0 Å². The highest BCUT2D eigenvalue weighted by atomic mass is 35.5. The van der Waals surface area contributed by atoms with E-state index < -0.39 is 5.06 Å². The van der Waals surface area contributed by atoms with E-state index in [0.717, 1.165) is 0 Å². The molecule has 0 aromatic rings. The molecule has 0 aliphatic carbocycles. The van der Waals surface area contributed by atoms with E-state index in [1.54, 1.807) is 6.08 Å². The van der Waals surface area contributed by atoms with Crippen LogP contribution in [0, 0.1) is 0 Å². The Hall–Kier alpha value is -0.0100. The van der Waals surface area contributed by atoms with E-state index in [9.17, 15) is 0 Å². The summed E-state index contributed by atoms with van der Waals surface area (Å²) in [6.45, 7) is 4.93. The van der Waals surface area contributed by atoms with E-state index in [-0.39, 0.29) is 0 Å². The van der Waals surface area contributed by atoms with Crippen molar-refractivity contribution in [2.24, 2.45) is 0 Å². The molecule has 0 aromatic heterocycles. The SMILES string of the molecule is C=CCC(C)(O)Cl. The fourth-order valence-corrected chi connectivity index (χ4v) is 0.373. The molecule has 7 heavy (non-hydrogen) atoms. The van der Waals surface area contributed by atoms with Gasteiger partial charge in [-0.1, -0.05) is 17.7 Å². The Morgan fingerprint density at radius 1 is 2.00 bits per heavy atom. The summed E-state index contributed by atoms with van der Waals surface area (Å²) < 4.78 is 0. The molecule has 1 nitrogen and oxygen atoms in total. The van der Waals surface area contributed by atoms with Crippen LogP contribution in [0.1, 0.15) is 13.3 Å². The summed E-state index contributed by atoms with van der Waals surface area (Å²) in [5, 5.41) is 7.62. The molecule has 0 radical (unpaired) electrons. The predicted molar refractivity (Wildman–Crippen MR) is 31.3 cm³/mol. The topological polar surface area (TPSA) is 20.2 Å². The molecule has 0 fully saturated rings. The van der Waals surface area contributed by atoms with Crippen molar-refractivity contribution in [1.29, 1.82) is 0 Å². The van der Waals surface area contributed by atoms with Gasteiger partial charge >= 0.3 is 0 Å². The van der Waals surface area contributed by atoms with Crippen molar-refractivity contribution in [2.45, 2.75) is 18.4 Å². The smallest absolute Gasteiger partial charge is 0.139 e. The van der Waals surface area contributed by atoms with Gasteiger partial charge < -0.3 is 5.11 Å². The van der Waals surface area contributed by atoms with E-state index in [4.69, 9.17) is 16.7 Å². The zero-order valence-corrected chi connectivity index (χ0v) is 5.07. The van der Waals surface area contributed by atoms with Crippen LogP contribution in [0.4, 0.5) is 0 Å². The standard InChI is InChI=1S/C5H9ClO/c1-3-4-5(2,6)7/h3,7H,1,4H2,2H3. The molecule has 0 rings (SSSR count). The van der Waals surface area contributed by atoms with Gasteiger partial charge in [0.15, 0.2) is 0 Å². The van der Waals surface area contributed by atoms with E-state index in [1.807, 2.05) is 0 Å². The molecule has 2 heteroatoms. The number of hydrogen-bond acceptors (Lipinski definition) is 1. The second-order valence-corrected chi connectivity index (χ2v) is 2.45. The molecule has 0 spiro atoms. The third-order valence-corrected chi connectivity index (χ3v) is 0.671. The Balaban J connectivity index is 3.34. The Morgan fingerprint density at radius 3 is 2.43 bits per heavy atom. The lowest BCUT2D eigenvalue weighted by Gasteiger charge is -2.09. The van der Waals surface area contributed by atoms with Gasteiger partial charge in [-0.2, -0.15) is 0 Å². The molecule has 1 atom stereocenters. The molecule has 0 aromatic carbocycles. The van der Waals surface area contributed by atoms with E-state index in [1.165, 1.54) is 6.92 Å². The van der Waals surface area contributed by atoms with Crippen LogP contribution in [-0.2, 0) is 0 Å². The predicted octanol–water partition coefficient (Wildman–Crippen LogP) is 1.51. The van der Waals surface area contributed by atoms with Crippen LogP contribution in [0.3, 0.4) is 0 Å². The summed E-state index contributed by atoms with van der Waals surface area (Å²) in [7, 11) is 0. The summed E-state index contributed by atoms with van der Waals surface area (Å²) in [6, 6.07) is 0. The largest absolute Gasteiger partial charge is 0.375 e. The molecule has 0 amide bonds. The van der Waals surface area contributed by atoms with Gasteiger partial charge in [-0.3, -0.25) is 0 Å². The van der Waals surface area contributed by atoms with Crippen LogP contribution in [0.5, 0.6) is 0 Å². The monoisotopic (exact) mass is 120 g/mol. The number of aliphatic hydroxyl groups is 1. The van der Waals surface area contributed by atoms with Gasteiger partial charge in [0.05, 0.1) is 0 Å². The van der Waals surface area contributed by atoms with Gasteiger partial charge in [-0.05, 0) is 6.92 Å². The van der Waals surface area contributed by atoms with Crippen molar-refractivity contribution in [3.8, 4) is 0 Å². The summed E-state index contributed by atoms with van der Waals surface area (Å²) in [6.07, 6.45) is 2.00. The van der Waals surface area contributed by atoms with E-state index >= 15 is 0 Å². The number of hydrogen-bond donors (Lipinski definition) is 1. The Labute approximate surface area is 48.6 Å². The van der Waals surface area contributed by atoms with Gasteiger partial charge in [0.2, 0.25) is 0 Å². The summed E-state index contributed by atoms with van der Waals surface area (Å²) in [4.78, 5) is 0. The van der Waals surface area contributed by atoms with E-state index in [2.05, 4.69) is 6.58 Å². The lowest BCUT2D eigenvalue weighted by Crippen LogP contribution is -2.11. The van der Waals surface area contributed by atoms with Crippen molar-refractivity contribution in [3.63, 3.8) is 0 Å². The minimum absolute atomic E-state index is 0.425. The maximum Gasteiger partial charge on any atom is 0.139 e. The van der Waals surface area contributed by atoms with Crippen LogP contribution in [-0.4, -0.2) is 10.2 Å². The highest BCUT2D eigenvalue weighted by Crippen LogP contribution is 2.13. The molecule has 0 saturated carbocycles. The van der Waals surface area contributed by atoms with Gasteiger partial charge in [-0.25, -0.2) is 0 Å². The summed E-state index contributed by atoms with van der Waals surface area (Å²) in [5.74, 6) is 0. The number of halogens is 1. The molecular formula is C5H9ClO. The molecule has 0 aliphatic rings. The summed E-state index contributed by atoms with van der Waals surface area (Å²) >= 11 is 5.32. The number of rotatable bonds is 2. The molecule has 42 valence electrons. The van der Waals surface area contributed by atoms with Crippen LogP contribution < -0.4 is 0 Å². The van der Waals surface area contributed by atoms with Crippen molar-refractivity contribution >= 4 is 11.6 Å². The molecule has 0 bridgehead atoms. The fraction of sp³-hybridized carbons (Fsp3) is 0.600. The fourth-order valence-electron chi connectivity index (χ4n) is 0.263. The van der Waals surface area contributed by atoms with Gasteiger partial charge in [0.1, 0.15) is 5.06 Å². The highest BCUT2D eigenvalue weighted by Gasteiger charge is 2.10. The van der Waals surface area contributed by atoms with Crippen molar-refractivity contribution in [3.05, 3.63) is 12.7 Å². The van der Waals surface area contributed by atoms with Crippen molar-refractivity contribution in [1.82, 2.24) is 0 Å². The van der Waals surface area contributed by atoms with Crippen LogP contribution in [0.25, 0.3) is 0 Å². The molecule has 0 heterocycles. The average molecular weight is 121 g/mol. The normalized spacial score (nSPS) is 18.1. The Kier molecular flexibility index (Phi) is 2.33. The molecule has 1 N–H and O–H groups in total. The first kappa shape index (κ1) is 6.99. The maximum absolute atomic E-state index is 8.71. The molecule has 0 saturated heterocycles. The van der Waals surface area contributed by atoms with Crippen LogP contribution >= 0.6 is 11.6 Å². The average Bonchev–Trinajstić information content (AvgIpc) is 1.30. The van der Waals surface area contributed by atoms with Crippen LogP contribution in [0.15, 0.2) is 12.7 Å². The highest BCUT2D eigenvalue weighted by molar-refractivity contribution is 6.22. The van der Waals surface area contributed by atoms with Gasteiger partial charge in [0, 0.05) is 6.42 Å². The van der Waals surface area contributed by atoms with Crippen LogP contribution in [0.2, 0.25) is 0 Å². The third kappa shape index (κ3) is 5.99. The Morgan fingerprint density at radius 2 is 2.43 bits per heavy atom. The molecule has 0 aliphatic heterocycles. The summed E-state index contributed by atoms with van der Waals surface area (Å²) in [5.41, 5.74) is 0. The minimum atomic E-state index is -1.10. The first-order valence-electron chi connectivity index (χ1n) is 2.08. The second-order valence-electron chi connectivity index (χ2n) is 1.64. The quantitative estimate of drug-likeness (QED) is 0.433. The van der Waals surface area contributed by atoms with E-state index in [0.29, 0.717) is 6.42 Å². The lowest BCUT2D eigenvalue weighted by molar-refractivity contribution is 0.153. The molecular weight excluding hydrogens is 112 g/mol. The van der Waals surface area contributed by atoms with Gasteiger partial charge in [-0.15, -0.1) is 6.58 Å². The Bertz CT molecular complexity index is 63.0. The minimum Gasteiger partial charge on any atom is -0.375 e. The van der Waals surface area contributed by atoms with Crippen molar-refractivity contribution in [2.75, 3.05) is 0 Å². The first-order valence-corrected chi connectivity index (χ1v) is 2.46. The number of alkyl halides is 1. The maximum atomic E-state index is 8.71. The lowest BCUT2D eigenvalue weighted by atomic mass is 10.3. The molecule has 1 unspecified atom stereocenters. The second kappa shape index (κ2) is 2.34.